The van der Waals surface area contributed by atoms with Crippen molar-refractivity contribution >= 4 is 51.9 Å². The standard InChI is InChI=1S/C26H22ClNO3S2/c1-17(20-6-4-3-5-7-20)28-25(29)24(33-26(28)32)15-19-10-13-22(23(14-19)30-2)31-16-18-8-11-21(27)12-9-18/h3-15,17H,16H2,1-2H3/b24-15-/t17-/m0/s1. The Hall–Kier alpha value is -2.80. The highest BCUT2D eigenvalue weighted by Crippen LogP contribution is 2.39. The number of carbonyl (C=O) groups is 1. The lowest BCUT2D eigenvalue weighted by atomic mass is 10.1. The van der Waals surface area contributed by atoms with Crippen molar-refractivity contribution in [1.29, 1.82) is 0 Å². The number of rotatable bonds is 7. The quantitative estimate of drug-likeness (QED) is 0.263. The Morgan fingerprint density at radius 2 is 1.79 bits per heavy atom. The molecule has 1 heterocycles. The summed E-state index contributed by atoms with van der Waals surface area (Å²) in [7, 11) is 1.59. The van der Waals surface area contributed by atoms with Crippen LogP contribution in [0, 0.1) is 0 Å². The molecule has 168 valence electrons. The first kappa shape index (κ1) is 23.4. The molecular formula is C26H22ClNO3S2. The Morgan fingerprint density at radius 3 is 2.48 bits per heavy atom. The molecule has 1 saturated heterocycles. The summed E-state index contributed by atoms with van der Waals surface area (Å²) < 4.78 is 12.0. The number of halogens is 1. The van der Waals surface area contributed by atoms with Gasteiger partial charge in [0, 0.05) is 5.02 Å². The second-order valence-corrected chi connectivity index (χ2v) is 9.58. The van der Waals surface area contributed by atoms with Gasteiger partial charge in [-0.25, -0.2) is 0 Å². The van der Waals surface area contributed by atoms with Crippen molar-refractivity contribution in [2.45, 2.75) is 19.6 Å². The number of thiocarbonyl (C=S) groups is 1. The van der Waals surface area contributed by atoms with Crippen LogP contribution in [0.1, 0.15) is 29.7 Å². The Labute approximate surface area is 208 Å². The second kappa shape index (κ2) is 10.4. The van der Waals surface area contributed by atoms with E-state index in [0.717, 1.165) is 16.7 Å². The van der Waals surface area contributed by atoms with E-state index in [9.17, 15) is 4.79 Å². The third-order valence-corrected chi connectivity index (χ3v) is 6.87. The molecule has 0 bridgehead atoms. The van der Waals surface area contributed by atoms with E-state index in [0.29, 0.717) is 32.4 Å². The van der Waals surface area contributed by atoms with Gasteiger partial charge in [-0.2, -0.15) is 0 Å². The van der Waals surface area contributed by atoms with Gasteiger partial charge in [-0.1, -0.05) is 84.1 Å². The molecule has 7 heteroatoms. The normalized spacial score (nSPS) is 15.7. The number of thioether (sulfide) groups is 1. The highest BCUT2D eigenvalue weighted by molar-refractivity contribution is 8.26. The van der Waals surface area contributed by atoms with Crippen LogP contribution in [0.3, 0.4) is 0 Å². The molecule has 1 atom stereocenters. The predicted octanol–water partition coefficient (Wildman–Crippen LogP) is 6.89. The Morgan fingerprint density at radius 1 is 1.06 bits per heavy atom. The number of benzene rings is 3. The van der Waals surface area contributed by atoms with Gasteiger partial charge in [0.2, 0.25) is 0 Å². The Balaban J connectivity index is 1.50. The fourth-order valence-electron chi connectivity index (χ4n) is 3.48. The Kier molecular flexibility index (Phi) is 7.38. The molecular weight excluding hydrogens is 474 g/mol. The summed E-state index contributed by atoms with van der Waals surface area (Å²) in [5.74, 6) is 1.11. The van der Waals surface area contributed by atoms with Crippen molar-refractivity contribution in [3.05, 3.63) is 99.4 Å². The fraction of sp³-hybridized carbons (Fsp3) is 0.154. The number of nitrogens with zero attached hydrogens (tertiary/aromatic N) is 1. The van der Waals surface area contributed by atoms with Gasteiger partial charge in [0.15, 0.2) is 11.5 Å². The number of ether oxygens (including phenoxy) is 2. The van der Waals surface area contributed by atoms with Gasteiger partial charge in [0.05, 0.1) is 18.1 Å². The van der Waals surface area contributed by atoms with E-state index >= 15 is 0 Å². The number of hydrogen-bond acceptors (Lipinski definition) is 5. The zero-order chi connectivity index (χ0) is 23.4. The van der Waals surface area contributed by atoms with Crippen molar-refractivity contribution in [2.24, 2.45) is 0 Å². The van der Waals surface area contributed by atoms with Gasteiger partial charge < -0.3 is 9.47 Å². The lowest BCUT2D eigenvalue weighted by molar-refractivity contribution is -0.123. The number of methoxy groups -OCH3 is 1. The van der Waals surface area contributed by atoms with E-state index in [-0.39, 0.29) is 11.9 Å². The Bertz CT molecular complexity index is 1200. The van der Waals surface area contributed by atoms with Crippen LogP contribution < -0.4 is 9.47 Å². The SMILES string of the molecule is COc1cc(/C=C2\SC(=S)N([C@@H](C)c3ccccc3)C2=O)ccc1OCc1ccc(Cl)cc1. The lowest BCUT2D eigenvalue weighted by Gasteiger charge is -2.23. The highest BCUT2D eigenvalue weighted by Gasteiger charge is 2.35. The predicted molar refractivity (Wildman–Crippen MR) is 139 cm³/mol. The van der Waals surface area contributed by atoms with Crippen LogP contribution in [0.2, 0.25) is 5.02 Å². The smallest absolute Gasteiger partial charge is 0.266 e. The molecule has 1 aliphatic heterocycles. The molecule has 1 aliphatic rings. The molecule has 1 amide bonds. The molecule has 0 aromatic heterocycles. The van der Waals surface area contributed by atoms with Crippen molar-refractivity contribution < 1.29 is 14.3 Å². The number of hydrogen-bond donors (Lipinski definition) is 0. The van der Waals surface area contributed by atoms with Crippen LogP contribution in [0.25, 0.3) is 6.08 Å². The van der Waals surface area contributed by atoms with Crippen LogP contribution >= 0.6 is 35.6 Å². The zero-order valence-electron chi connectivity index (χ0n) is 18.2. The molecule has 3 aromatic rings. The average molecular weight is 496 g/mol. The van der Waals surface area contributed by atoms with E-state index in [4.69, 9.17) is 33.3 Å². The molecule has 1 fully saturated rings. The lowest BCUT2D eigenvalue weighted by Crippen LogP contribution is -2.30. The maximum absolute atomic E-state index is 13.1. The van der Waals surface area contributed by atoms with Crippen LogP contribution in [-0.2, 0) is 11.4 Å². The maximum atomic E-state index is 13.1. The first-order valence-corrected chi connectivity index (χ1v) is 11.9. The number of amides is 1. The van der Waals surface area contributed by atoms with Crippen LogP contribution in [0.5, 0.6) is 11.5 Å². The topological polar surface area (TPSA) is 38.8 Å². The first-order chi connectivity index (χ1) is 16.0. The second-order valence-electron chi connectivity index (χ2n) is 7.46. The monoisotopic (exact) mass is 495 g/mol. The zero-order valence-corrected chi connectivity index (χ0v) is 20.5. The van der Waals surface area contributed by atoms with E-state index in [1.807, 2.05) is 85.8 Å². The van der Waals surface area contributed by atoms with E-state index < -0.39 is 0 Å². The molecule has 3 aromatic carbocycles. The van der Waals surface area contributed by atoms with Crippen molar-refractivity contribution in [3.63, 3.8) is 0 Å². The molecule has 4 nitrogen and oxygen atoms in total. The molecule has 0 unspecified atom stereocenters. The van der Waals surface area contributed by atoms with Crippen molar-refractivity contribution in [1.82, 2.24) is 4.90 Å². The van der Waals surface area contributed by atoms with Crippen LogP contribution in [0.15, 0.2) is 77.7 Å². The molecule has 0 radical (unpaired) electrons. The summed E-state index contributed by atoms with van der Waals surface area (Å²) in [4.78, 5) is 15.4. The minimum Gasteiger partial charge on any atom is -0.493 e. The third-order valence-electron chi connectivity index (χ3n) is 5.29. The van der Waals surface area contributed by atoms with Gasteiger partial charge in [-0.3, -0.25) is 9.69 Å². The first-order valence-electron chi connectivity index (χ1n) is 10.3. The largest absolute Gasteiger partial charge is 0.493 e. The molecule has 33 heavy (non-hydrogen) atoms. The molecule has 0 saturated carbocycles. The fourth-order valence-corrected chi connectivity index (χ4v) is 5.03. The number of carbonyl (C=O) groups excluding carboxylic acids is 1. The minimum absolute atomic E-state index is 0.0941. The van der Waals surface area contributed by atoms with E-state index in [1.165, 1.54) is 11.8 Å². The summed E-state index contributed by atoms with van der Waals surface area (Å²) in [6, 6.07) is 22.8. The molecule has 0 N–H and O–H groups in total. The minimum atomic E-state index is -0.136. The van der Waals surface area contributed by atoms with Gasteiger partial charge >= 0.3 is 0 Å². The van der Waals surface area contributed by atoms with Crippen molar-refractivity contribution in [2.75, 3.05) is 7.11 Å². The third kappa shape index (κ3) is 5.41. The summed E-state index contributed by atoms with van der Waals surface area (Å²) in [5, 5.41) is 0.684. The van der Waals surface area contributed by atoms with Crippen LogP contribution in [-0.4, -0.2) is 22.2 Å². The highest BCUT2D eigenvalue weighted by atomic mass is 35.5. The average Bonchev–Trinajstić information content (AvgIpc) is 3.11. The van der Waals surface area contributed by atoms with Gasteiger partial charge in [-0.15, -0.1) is 0 Å². The molecule has 0 spiro atoms. The van der Waals surface area contributed by atoms with E-state index in [2.05, 4.69) is 0 Å². The van der Waals surface area contributed by atoms with Gasteiger partial charge in [0.1, 0.15) is 10.9 Å². The van der Waals surface area contributed by atoms with Crippen molar-refractivity contribution in [3.8, 4) is 11.5 Å². The summed E-state index contributed by atoms with van der Waals surface area (Å²) >= 11 is 12.8. The molecule has 4 rings (SSSR count). The van der Waals surface area contributed by atoms with Gasteiger partial charge in [0.25, 0.3) is 5.91 Å². The van der Waals surface area contributed by atoms with E-state index in [1.54, 1.807) is 12.0 Å². The summed E-state index contributed by atoms with van der Waals surface area (Å²) in [6.45, 7) is 2.38. The summed E-state index contributed by atoms with van der Waals surface area (Å²) in [6.07, 6.45) is 1.84. The molecule has 0 aliphatic carbocycles. The maximum Gasteiger partial charge on any atom is 0.266 e. The van der Waals surface area contributed by atoms with Crippen LogP contribution in [0.4, 0.5) is 0 Å². The van der Waals surface area contributed by atoms with Gasteiger partial charge in [-0.05, 0) is 54.0 Å². The summed E-state index contributed by atoms with van der Waals surface area (Å²) in [5.41, 5.74) is 2.87.